The Labute approximate surface area is 112 Å². The molecule has 3 nitrogen and oxygen atoms in total. The van der Waals surface area contributed by atoms with Crippen LogP contribution in [0, 0.1) is 0 Å². The Balaban J connectivity index is 2.91. The van der Waals surface area contributed by atoms with E-state index in [2.05, 4.69) is 15.9 Å². The highest BCUT2D eigenvalue weighted by molar-refractivity contribution is 9.10. The van der Waals surface area contributed by atoms with Crippen LogP contribution in [-0.4, -0.2) is 22.1 Å². The van der Waals surface area contributed by atoms with Crippen molar-refractivity contribution in [2.24, 2.45) is 0 Å². The second-order valence-corrected chi connectivity index (χ2v) is 5.08. The monoisotopic (exact) mass is 322 g/mol. The first-order valence-corrected chi connectivity index (χ1v) is 6.08. The second kappa shape index (κ2) is 5.75. The number of aliphatic hydroxyl groups is 1. The van der Waals surface area contributed by atoms with E-state index < -0.39 is 24.4 Å². The minimum atomic E-state index is -2.88. The largest absolute Gasteiger partial charge is 0.478 e. The SMILES string of the molecule is CC(F)(F)CCC(O)c1ccc(Br)cc1C(=O)O. The molecule has 0 aliphatic carbocycles. The first-order chi connectivity index (χ1) is 8.20. The van der Waals surface area contributed by atoms with Crippen LogP contribution in [0.25, 0.3) is 0 Å². The van der Waals surface area contributed by atoms with E-state index in [4.69, 9.17) is 5.11 Å². The molecule has 1 aromatic carbocycles. The third-order valence-corrected chi connectivity index (χ3v) is 2.95. The molecule has 0 radical (unpaired) electrons. The van der Waals surface area contributed by atoms with Crippen LogP contribution >= 0.6 is 15.9 Å². The molecular weight excluding hydrogens is 310 g/mol. The van der Waals surface area contributed by atoms with Gasteiger partial charge in [-0.25, -0.2) is 13.6 Å². The molecule has 1 aromatic rings. The van der Waals surface area contributed by atoms with Gasteiger partial charge in [-0.3, -0.25) is 0 Å². The Bertz CT molecular complexity index is 443. The van der Waals surface area contributed by atoms with Gasteiger partial charge >= 0.3 is 5.97 Å². The third kappa shape index (κ3) is 4.34. The van der Waals surface area contributed by atoms with E-state index in [-0.39, 0.29) is 17.5 Å². The second-order valence-electron chi connectivity index (χ2n) is 4.16. The van der Waals surface area contributed by atoms with Crippen molar-refractivity contribution in [3.63, 3.8) is 0 Å². The van der Waals surface area contributed by atoms with Crippen LogP contribution in [-0.2, 0) is 0 Å². The third-order valence-electron chi connectivity index (χ3n) is 2.46. The van der Waals surface area contributed by atoms with Gasteiger partial charge in [0.1, 0.15) is 0 Å². The summed E-state index contributed by atoms with van der Waals surface area (Å²) in [5.41, 5.74) is 0.0613. The Morgan fingerprint density at radius 1 is 1.50 bits per heavy atom. The molecule has 0 saturated carbocycles. The van der Waals surface area contributed by atoms with Crippen LogP contribution < -0.4 is 0 Å². The number of carboxylic acids is 1. The van der Waals surface area contributed by atoms with Gasteiger partial charge < -0.3 is 10.2 Å². The zero-order valence-electron chi connectivity index (χ0n) is 9.66. The summed E-state index contributed by atoms with van der Waals surface area (Å²) in [6, 6.07) is 4.33. The number of aromatic carboxylic acids is 1. The van der Waals surface area contributed by atoms with Gasteiger partial charge in [-0.1, -0.05) is 22.0 Å². The smallest absolute Gasteiger partial charge is 0.336 e. The van der Waals surface area contributed by atoms with Crippen molar-refractivity contribution in [2.45, 2.75) is 31.8 Å². The molecule has 0 spiro atoms. The van der Waals surface area contributed by atoms with Crippen LogP contribution in [0.1, 0.15) is 41.8 Å². The molecule has 0 amide bonds. The molecule has 0 bridgehead atoms. The molecule has 6 heteroatoms. The van der Waals surface area contributed by atoms with Crippen LogP contribution in [0.3, 0.4) is 0 Å². The van der Waals surface area contributed by atoms with Crippen molar-refractivity contribution < 1.29 is 23.8 Å². The summed E-state index contributed by atoms with van der Waals surface area (Å²) < 4.78 is 25.9. The summed E-state index contributed by atoms with van der Waals surface area (Å²) in [4.78, 5) is 11.0. The number of hydrogen-bond donors (Lipinski definition) is 2. The minimum Gasteiger partial charge on any atom is -0.478 e. The zero-order valence-corrected chi connectivity index (χ0v) is 11.2. The molecule has 1 rings (SSSR count). The average molecular weight is 323 g/mol. The summed E-state index contributed by atoms with van der Waals surface area (Å²) in [7, 11) is 0. The molecule has 0 fully saturated rings. The summed E-state index contributed by atoms with van der Waals surface area (Å²) in [6.07, 6.45) is -1.90. The van der Waals surface area contributed by atoms with E-state index in [9.17, 15) is 18.7 Å². The van der Waals surface area contributed by atoms with Crippen molar-refractivity contribution in [3.05, 3.63) is 33.8 Å². The molecule has 0 heterocycles. The van der Waals surface area contributed by atoms with E-state index in [0.29, 0.717) is 4.47 Å². The fraction of sp³-hybridized carbons (Fsp3) is 0.417. The van der Waals surface area contributed by atoms with Crippen molar-refractivity contribution in [3.8, 4) is 0 Å². The standard InChI is InChI=1S/C12H13BrF2O3/c1-12(14,15)5-4-10(16)8-3-2-7(13)6-9(8)11(17)18/h2-3,6,10,16H,4-5H2,1H3,(H,17,18). The zero-order chi connectivity index (χ0) is 13.9. The number of carboxylic acid groups (broad SMARTS) is 1. The Morgan fingerprint density at radius 3 is 2.61 bits per heavy atom. The minimum absolute atomic E-state index is 0.0868. The fourth-order valence-electron chi connectivity index (χ4n) is 1.55. The number of rotatable bonds is 5. The molecule has 1 unspecified atom stereocenters. The molecule has 100 valence electrons. The van der Waals surface area contributed by atoms with Gasteiger partial charge in [-0.15, -0.1) is 0 Å². The van der Waals surface area contributed by atoms with Gasteiger partial charge in [0.05, 0.1) is 11.7 Å². The summed E-state index contributed by atoms with van der Waals surface area (Å²) in [6.45, 7) is 0.763. The first-order valence-electron chi connectivity index (χ1n) is 5.29. The number of aliphatic hydroxyl groups excluding tert-OH is 1. The van der Waals surface area contributed by atoms with Gasteiger partial charge in [0, 0.05) is 10.9 Å². The molecule has 2 N–H and O–H groups in total. The van der Waals surface area contributed by atoms with Gasteiger partial charge in [0.15, 0.2) is 0 Å². The summed E-state index contributed by atoms with van der Waals surface area (Å²) in [5.74, 6) is -4.08. The maximum absolute atomic E-state index is 12.7. The predicted octanol–water partition coefficient (Wildman–Crippen LogP) is 3.62. The predicted molar refractivity (Wildman–Crippen MR) is 65.9 cm³/mol. The van der Waals surface area contributed by atoms with Crippen LogP contribution in [0.15, 0.2) is 22.7 Å². The van der Waals surface area contributed by atoms with E-state index in [0.717, 1.165) is 6.92 Å². The topological polar surface area (TPSA) is 57.5 Å². The number of carbonyl (C=O) groups is 1. The lowest BCUT2D eigenvalue weighted by Crippen LogP contribution is -2.13. The molecule has 0 aromatic heterocycles. The number of halogens is 3. The fourth-order valence-corrected chi connectivity index (χ4v) is 1.91. The lowest BCUT2D eigenvalue weighted by molar-refractivity contribution is -0.00236. The van der Waals surface area contributed by atoms with Crippen molar-refractivity contribution in [2.75, 3.05) is 0 Å². The van der Waals surface area contributed by atoms with Gasteiger partial charge in [-0.05, 0) is 31.0 Å². The van der Waals surface area contributed by atoms with Gasteiger partial charge in [0.2, 0.25) is 5.92 Å². The highest BCUT2D eigenvalue weighted by atomic mass is 79.9. The van der Waals surface area contributed by atoms with Crippen LogP contribution in [0.2, 0.25) is 0 Å². The maximum atomic E-state index is 12.7. The van der Waals surface area contributed by atoms with E-state index in [1.54, 1.807) is 6.07 Å². The number of alkyl halides is 2. The Kier molecular flexibility index (Phi) is 4.81. The van der Waals surface area contributed by atoms with Crippen LogP contribution in [0.4, 0.5) is 8.78 Å². The first kappa shape index (κ1) is 15.0. The van der Waals surface area contributed by atoms with Gasteiger partial charge in [-0.2, -0.15) is 0 Å². The molecule has 0 aliphatic rings. The maximum Gasteiger partial charge on any atom is 0.336 e. The van der Waals surface area contributed by atoms with Crippen molar-refractivity contribution in [1.29, 1.82) is 0 Å². The normalized spacial score (nSPS) is 13.4. The lowest BCUT2D eigenvalue weighted by atomic mass is 9.98. The molecule has 0 aliphatic heterocycles. The van der Waals surface area contributed by atoms with E-state index in [1.165, 1.54) is 12.1 Å². The van der Waals surface area contributed by atoms with Gasteiger partial charge in [0.25, 0.3) is 0 Å². The van der Waals surface area contributed by atoms with Crippen molar-refractivity contribution in [1.82, 2.24) is 0 Å². The average Bonchev–Trinajstić information content (AvgIpc) is 2.24. The summed E-state index contributed by atoms with van der Waals surface area (Å²) in [5, 5.41) is 18.8. The Morgan fingerprint density at radius 2 is 2.11 bits per heavy atom. The molecule has 1 atom stereocenters. The number of hydrogen-bond acceptors (Lipinski definition) is 2. The lowest BCUT2D eigenvalue weighted by Gasteiger charge is -2.16. The summed E-state index contributed by atoms with van der Waals surface area (Å²) >= 11 is 3.12. The molecule has 0 saturated heterocycles. The molecule has 18 heavy (non-hydrogen) atoms. The highest BCUT2D eigenvalue weighted by Crippen LogP contribution is 2.29. The quantitative estimate of drug-likeness (QED) is 0.870. The van der Waals surface area contributed by atoms with E-state index >= 15 is 0 Å². The number of benzene rings is 1. The van der Waals surface area contributed by atoms with E-state index in [1.807, 2.05) is 0 Å². The molecular formula is C12H13BrF2O3. The van der Waals surface area contributed by atoms with Crippen molar-refractivity contribution >= 4 is 21.9 Å². The Hall–Kier alpha value is -1.01. The van der Waals surface area contributed by atoms with Crippen LogP contribution in [0.5, 0.6) is 0 Å². The highest BCUT2D eigenvalue weighted by Gasteiger charge is 2.24.